The second-order valence-corrected chi connectivity index (χ2v) is 7.00. The normalized spacial score (nSPS) is 25.2. The molecule has 3 heteroatoms. The zero-order valence-electron chi connectivity index (χ0n) is 13.7. The van der Waals surface area contributed by atoms with Crippen molar-refractivity contribution in [2.45, 2.75) is 25.7 Å². The average molecular weight is 318 g/mol. The molecule has 0 aliphatic heterocycles. The topological polar surface area (TPSA) is 41.5 Å². The third kappa shape index (κ3) is 3.12. The molecule has 0 heterocycles. The van der Waals surface area contributed by atoms with Gasteiger partial charge in [0.05, 0.1) is 0 Å². The van der Waals surface area contributed by atoms with Crippen molar-refractivity contribution in [1.29, 1.82) is 0 Å². The van der Waals surface area contributed by atoms with E-state index in [-0.39, 0.29) is 5.91 Å². The van der Waals surface area contributed by atoms with Gasteiger partial charge in [-0.15, -0.1) is 0 Å². The Bertz CT molecular complexity index is 736. The summed E-state index contributed by atoms with van der Waals surface area (Å²) in [7, 11) is 0. The van der Waals surface area contributed by atoms with Crippen LogP contribution in [0.2, 0.25) is 0 Å². The number of hydrazone groups is 1. The fourth-order valence-electron chi connectivity index (χ4n) is 4.18. The molecular formula is C21H22N2O. The minimum absolute atomic E-state index is 0.144. The number of rotatable bonds is 4. The van der Waals surface area contributed by atoms with Gasteiger partial charge in [-0.05, 0) is 60.3 Å². The van der Waals surface area contributed by atoms with Gasteiger partial charge in [0.25, 0.3) is 5.91 Å². The van der Waals surface area contributed by atoms with E-state index in [0.29, 0.717) is 11.5 Å². The lowest BCUT2D eigenvalue weighted by atomic mass is 9.90. The number of hydrogen-bond donors (Lipinski definition) is 1. The Balaban J connectivity index is 1.36. The van der Waals surface area contributed by atoms with Gasteiger partial charge in [0.2, 0.25) is 0 Å². The molecule has 0 saturated heterocycles. The van der Waals surface area contributed by atoms with E-state index in [4.69, 9.17) is 0 Å². The molecule has 1 amide bonds. The summed E-state index contributed by atoms with van der Waals surface area (Å²) in [4.78, 5) is 12.2. The Morgan fingerprint density at radius 3 is 2.38 bits per heavy atom. The SMILES string of the molecule is O=C(N/N=C/C1CC2CCC1C2)c1ccc(-c2ccccc2)cc1. The van der Waals surface area contributed by atoms with Crippen LogP contribution in [-0.4, -0.2) is 12.1 Å². The number of amides is 1. The molecule has 2 aliphatic rings. The Kier molecular flexibility index (Phi) is 4.16. The van der Waals surface area contributed by atoms with E-state index < -0.39 is 0 Å². The Morgan fingerprint density at radius 1 is 0.958 bits per heavy atom. The van der Waals surface area contributed by atoms with Crippen molar-refractivity contribution in [2.75, 3.05) is 0 Å². The van der Waals surface area contributed by atoms with E-state index >= 15 is 0 Å². The largest absolute Gasteiger partial charge is 0.271 e. The standard InChI is InChI=1S/C21H22N2O/c24-21(23-22-14-20-13-15-6-7-19(20)12-15)18-10-8-17(9-11-18)16-4-2-1-3-5-16/h1-5,8-11,14-15,19-20H,6-7,12-13H2,(H,23,24)/b22-14+. The van der Waals surface area contributed by atoms with Crippen molar-refractivity contribution in [3.63, 3.8) is 0 Å². The second-order valence-electron chi connectivity index (χ2n) is 7.00. The first-order chi connectivity index (χ1) is 11.8. The Labute approximate surface area is 142 Å². The molecule has 24 heavy (non-hydrogen) atoms. The van der Waals surface area contributed by atoms with Gasteiger partial charge in [-0.25, -0.2) is 5.43 Å². The van der Waals surface area contributed by atoms with E-state index in [2.05, 4.69) is 22.7 Å². The van der Waals surface area contributed by atoms with Crippen LogP contribution < -0.4 is 5.43 Å². The minimum atomic E-state index is -0.144. The monoisotopic (exact) mass is 318 g/mol. The van der Waals surface area contributed by atoms with Crippen molar-refractivity contribution in [3.8, 4) is 11.1 Å². The summed E-state index contributed by atoms with van der Waals surface area (Å²) in [5.41, 5.74) is 5.57. The maximum absolute atomic E-state index is 12.2. The zero-order chi connectivity index (χ0) is 16.4. The van der Waals surface area contributed by atoms with Crippen molar-refractivity contribution in [3.05, 3.63) is 60.2 Å². The molecule has 2 saturated carbocycles. The maximum Gasteiger partial charge on any atom is 0.271 e. The number of benzene rings is 2. The lowest BCUT2D eigenvalue weighted by Crippen LogP contribution is -2.20. The van der Waals surface area contributed by atoms with Crippen molar-refractivity contribution >= 4 is 12.1 Å². The first-order valence-corrected chi connectivity index (χ1v) is 8.78. The number of hydrogen-bond acceptors (Lipinski definition) is 2. The predicted molar refractivity (Wildman–Crippen MR) is 96.8 cm³/mol. The van der Waals surface area contributed by atoms with Crippen LogP contribution in [0.1, 0.15) is 36.0 Å². The number of nitrogens with one attached hydrogen (secondary N) is 1. The van der Waals surface area contributed by atoms with Crippen molar-refractivity contribution in [2.24, 2.45) is 22.9 Å². The first kappa shape index (κ1) is 15.1. The third-order valence-electron chi connectivity index (χ3n) is 5.48. The molecule has 3 unspecified atom stereocenters. The van der Waals surface area contributed by atoms with Crippen LogP contribution in [0.3, 0.4) is 0 Å². The van der Waals surface area contributed by atoms with Crippen molar-refractivity contribution < 1.29 is 4.79 Å². The van der Waals surface area contributed by atoms with Crippen LogP contribution in [0.5, 0.6) is 0 Å². The molecule has 2 aliphatic carbocycles. The summed E-state index contributed by atoms with van der Waals surface area (Å²) >= 11 is 0. The molecule has 3 nitrogen and oxygen atoms in total. The van der Waals surface area contributed by atoms with Crippen LogP contribution in [0, 0.1) is 17.8 Å². The first-order valence-electron chi connectivity index (χ1n) is 8.78. The van der Waals surface area contributed by atoms with E-state index in [1.54, 1.807) is 0 Å². The smallest absolute Gasteiger partial charge is 0.267 e. The lowest BCUT2D eigenvalue weighted by molar-refractivity contribution is 0.0955. The molecule has 2 aromatic carbocycles. The van der Waals surface area contributed by atoms with Gasteiger partial charge in [0, 0.05) is 11.8 Å². The lowest BCUT2D eigenvalue weighted by Gasteiger charge is -2.16. The summed E-state index contributed by atoms with van der Waals surface area (Å²) in [6.07, 6.45) is 7.27. The fraction of sp³-hybridized carbons (Fsp3) is 0.333. The molecular weight excluding hydrogens is 296 g/mol. The summed E-state index contributed by atoms with van der Waals surface area (Å²) in [5, 5.41) is 4.20. The van der Waals surface area contributed by atoms with Gasteiger partial charge in [0.1, 0.15) is 0 Å². The molecule has 2 fully saturated rings. The van der Waals surface area contributed by atoms with E-state index in [1.807, 2.05) is 48.7 Å². The second kappa shape index (κ2) is 6.60. The molecule has 4 rings (SSSR count). The summed E-state index contributed by atoms with van der Waals surface area (Å²) in [6, 6.07) is 17.8. The molecule has 2 bridgehead atoms. The quantitative estimate of drug-likeness (QED) is 0.654. The predicted octanol–water partition coefficient (Wildman–Crippen LogP) is 4.51. The molecule has 1 N–H and O–H groups in total. The van der Waals surface area contributed by atoms with Gasteiger partial charge in [-0.1, -0.05) is 48.9 Å². The van der Waals surface area contributed by atoms with Gasteiger partial charge in [0.15, 0.2) is 0 Å². The fourth-order valence-corrected chi connectivity index (χ4v) is 4.18. The summed E-state index contributed by atoms with van der Waals surface area (Å²) < 4.78 is 0. The Morgan fingerprint density at radius 2 is 1.71 bits per heavy atom. The maximum atomic E-state index is 12.2. The van der Waals surface area contributed by atoms with Crippen LogP contribution in [-0.2, 0) is 0 Å². The van der Waals surface area contributed by atoms with Crippen LogP contribution in [0.25, 0.3) is 11.1 Å². The van der Waals surface area contributed by atoms with E-state index in [1.165, 1.54) is 25.7 Å². The van der Waals surface area contributed by atoms with Gasteiger partial charge >= 0.3 is 0 Å². The highest BCUT2D eigenvalue weighted by Crippen LogP contribution is 2.47. The molecule has 0 spiro atoms. The van der Waals surface area contributed by atoms with E-state index in [9.17, 15) is 4.79 Å². The number of carbonyl (C=O) groups is 1. The average Bonchev–Trinajstić information content (AvgIpc) is 3.26. The zero-order valence-corrected chi connectivity index (χ0v) is 13.7. The number of carbonyl (C=O) groups excluding carboxylic acids is 1. The van der Waals surface area contributed by atoms with Gasteiger partial charge < -0.3 is 0 Å². The molecule has 3 atom stereocenters. The van der Waals surface area contributed by atoms with Crippen LogP contribution in [0.4, 0.5) is 0 Å². The highest BCUT2D eigenvalue weighted by molar-refractivity contribution is 5.94. The highest BCUT2D eigenvalue weighted by atomic mass is 16.2. The summed E-state index contributed by atoms with van der Waals surface area (Å²) in [5.74, 6) is 2.10. The third-order valence-corrected chi connectivity index (χ3v) is 5.48. The molecule has 0 radical (unpaired) electrons. The van der Waals surface area contributed by atoms with Crippen LogP contribution >= 0.6 is 0 Å². The van der Waals surface area contributed by atoms with E-state index in [0.717, 1.165) is 23.0 Å². The van der Waals surface area contributed by atoms with Crippen molar-refractivity contribution in [1.82, 2.24) is 5.43 Å². The molecule has 0 aromatic heterocycles. The number of fused-ring (bicyclic) bond motifs is 2. The number of nitrogens with zero attached hydrogens (tertiary/aromatic N) is 1. The Hall–Kier alpha value is -2.42. The van der Waals surface area contributed by atoms with Crippen LogP contribution in [0.15, 0.2) is 59.7 Å². The summed E-state index contributed by atoms with van der Waals surface area (Å²) in [6.45, 7) is 0. The van der Waals surface area contributed by atoms with Gasteiger partial charge in [-0.3, -0.25) is 4.79 Å². The highest BCUT2D eigenvalue weighted by Gasteiger charge is 2.38. The minimum Gasteiger partial charge on any atom is -0.267 e. The molecule has 2 aromatic rings. The molecule has 122 valence electrons. The van der Waals surface area contributed by atoms with Gasteiger partial charge in [-0.2, -0.15) is 5.10 Å².